The number of urea groups is 1. The molecule has 2 N–H and O–H groups in total. The van der Waals surface area contributed by atoms with Crippen molar-refractivity contribution in [1.29, 1.82) is 0 Å². The Morgan fingerprint density at radius 1 is 1.02 bits per heavy atom. The van der Waals surface area contributed by atoms with E-state index in [9.17, 15) is 9.59 Å². The number of morpholine rings is 1. The maximum Gasteiger partial charge on any atom is 0.332 e. The van der Waals surface area contributed by atoms with Gasteiger partial charge in [-0.05, 0) is 54.1 Å². The molecule has 1 fully saturated rings. The molecule has 0 radical (unpaired) electrons. The molecule has 0 aliphatic carbocycles. The molecule has 5 aromatic rings. The molecule has 2 aliphatic heterocycles. The molecule has 4 heterocycles. The summed E-state index contributed by atoms with van der Waals surface area (Å²) in [6.45, 7) is 3.83. The zero-order valence-electron chi connectivity index (χ0n) is 22.7. The van der Waals surface area contributed by atoms with Crippen molar-refractivity contribution in [2.24, 2.45) is 0 Å². The summed E-state index contributed by atoms with van der Waals surface area (Å²) in [5.41, 5.74) is 2.50. The van der Waals surface area contributed by atoms with Crippen molar-refractivity contribution < 1.29 is 19.1 Å². The van der Waals surface area contributed by atoms with Crippen LogP contribution in [-0.2, 0) is 11.3 Å². The molecular weight excluding hydrogens is 588 g/mol. The van der Waals surface area contributed by atoms with Crippen LogP contribution in [0.5, 0.6) is 11.5 Å². The molecule has 0 atom stereocenters. The van der Waals surface area contributed by atoms with Crippen molar-refractivity contribution in [3.05, 3.63) is 94.6 Å². The zero-order valence-corrected chi connectivity index (χ0v) is 24.3. The van der Waals surface area contributed by atoms with Crippen molar-refractivity contribution in [3.8, 4) is 11.5 Å². The summed E-state index contributed by atoms with van der Waals surface area (Å²) in [7, 11) is 0. The zero-order chi connectivity index (χ0) is 29.3. The van der Waals surface area contributed by atoms with Crippen LogP contribution in [0.2, 0.25) is 5.02 Å². The smallest absolute Gasteiger partial charge is 0.332 e. The topological polar surface area (TPSA) is 109 Å². The fourth-order valence-electron chi connectivity index (χ4n) is 5.09. The highest BCUT2D eigenvalue weighted by Gasteiger charge is 2.34. The second-order valence-electron chi connectivity index (χ2n) is 10.0. The summed E-state index contributed by atoms with van der Waals surface area (Å²) in [6.07, 6.45) is 1.39. The van der Waals surface area contributed by atoms with Gasteiger partial charge in [0.15, 0.2) is 5.82 Å². The number of thiophene rings is 1. The average Bonchev–Trinajstić information content (AvgIpc) is 3.40. The molecule has 0 saturated carbocycles. The molecule has 2 aromatic heterocycles. The summed E-state index contributed by atoms with van der Waals surface area (Å²) in [6, 6.07) is 21.6. The largest absolute Gasteiger partial charge is 0.457 e. The van der Waals surface area contributed by atoms with E-state index in [-0.39, 0.29) is 5.91 Å². The number of para-hydroxylation sites is 1. The van der Waals surface area contributed by atoms with E-state index in [1.807, 2.05) is 42.5 Å². The van der Waals surface area contributed by atoms with Gasteiger partial charge in [-0.25, -0.2) is 19.7 Å². The average molecular weight is 613 g/mol. The quantitative estimate of drug-likeness (QED) is 0.206. The minimum absolute atomic E-state index is 0.324. The number of aromatic nitrogens is 2. The molecule has 1 saturated heterocycles. The third kappa shape index (κ3) is 5.51. The van der Waals surface area contributed by atoms with Crippen LogP contribution in [0, 0.1) is 0 Å². The Hall–Kier alpha value is -4.55. The summed E-state index contributed by atoms with van der Waals surface area (Å²) in [5, 5.41) is 6.98. The van der Waals surface area contributed by atoms with Gasteiger partial charge in [0, 0.05) is 30.3 Å². The monoisotopic (exact) mass is 612 g/mol. The fraction of sp³-hybridized carbons (Fsp3) is 0.161. The van der Waals surface area contributed by atoms with Gasteiger partial charge in [0.05, 0.1) is 30.0 Å². The number of carbonyl (C=O) groups excluding carboxylic acids is 2. The van der Waals surface area contributed by atoms with Gasteiger partial charge in [-0.2, -0.15) is 0 Å². The highest BCUT2D eigenvalue weighted by Crippen LogP contribution is 2.45. The molecule has 2 aliphatic rings. The highest BCUT2D eigenvalue weighted by molar-refractivity contribution is 7.21. The Kier molecular flexibility index (Phi) is 7.37. The summed E-state index contributed by atoms with van der Waals surface area (Å²) < 4.78 is 11.3. The number of ether oxygens (including phenoxy) is 2. The SMILES string of the molecule is O=C(Nc1ccc(CN2CCOCC2)c(Cl)c1)c1sc2ncnc3c2c1NC(=O)N3c1ccc(Oc2ccccc2)cc1. The van der Waals surface area contributed by atoms with Gasteiger partial charge in [0.1, 0.15) is 27.5 Å². The van der Waals surface area contributed by atoms with Crippen molar-refractivity contribution in [2.45, 2.75) is 6.54 Å². The maximum absolute atomic E-state index is 13.5. The van der Waals surface area contributed by atoms with Crippen molar-refractivity contribution in [3.63, 3.8) is 0 Å². The van der Waals surface area contributed by atoms with Crippen LogP contribution < -0.4 is 20.3 Å². The number of carbonyl (C=O) groups is 2. The minimum atomic E-state index is -0.438. The fourth-order valence-corrected chi connectivity index (χ4v) is 6.32. The molecule has 10 nitrogen and oxygen atoms in total. The number of hydrogen-bond acceptors (Lipinski definition) is 8. The Bertz CT molecular complexity index is 1830. The van der Waals surface area contributed by atoms with Gasteiger partial charge >= 0.3 is 6.03 Å². The van der Waals surface area contributed by atoms with Crippen molar-refractivity contribution in [2.75, 3.05) is 41.8 Å². The Morgan fingerprint density at radius 2 is 1.79 bits per heavy atom. The van der Waals surface area contributed by atoms with Crippen molar-refractivity contribution >= 4 is 68.0 Å². The molecule has 12 heteroatoms. The number of nitrogens with zero attached hydrogens (tertiary/aromatic N) is 4. The number of benzene rings is 3. The van der Waals surface area contributed by atoms with Crippen LogP contribution in [0.25, 0.3) is 10.2 Å². The molecule has 3 amide bonds. The van der Waals surface area contributed by atoms with Gasteiger partial charge in [-0.3, -0.25) is 9.69 Å². The molecule has 0 unspecified atom stereocenters. The van der Waals surface area contributed by atoms with E-state index in [4.69, 9.17) is 21.1 Å². The van der Waals surface area contributed by atoms with Crippen LogP contribution in [0.1, 0.15) is 15.2 Å². The standard InChI is InChI=1S/C31H25ClN6O4S/c32-24-16-20(7-6-19(24)17-37-12-14-41-15-13-37)35-29(39)27-26-25-28(33-18-34-30(25)43-27)38(31(40)36-26)21-8-10-23(11-9-21)42-22-4-2-1-3-5-22/h1-11,16,18H,12-15,17H2,(H,35,39)(H,36,40). The lowest BCUT2D eigenvalue weighted by molar-refractivity contribution is 0.0342. The number of halogens is 1. The first-order valence-corrected chi connectivity index (χ1v) is 14.8. The predicted molar refractivity (Wildman–Crippen MR) is 167 cm³/mol. The lowest BCUT2D eigenvalue weighted by Crippen LogP contribution is -2.35. The van der Waals surface area contributed by atoms with E-state index in [1.165, 1.54) is 22.6 Å². The number of amides is 3. The van der Waals surface area contributed by atoms with Crippen molar-refractivity contribution in [1.82, 2.24) is 14.9 Å². The van der Waals surface area contributed by atoms with Gasteiger partial charge in [-0.15, -0.1) is 11.3 Å². The number of hydrogen-bond donors (Lipinski definition) is 2. The van der Waals surface area contributed by atoms with Gasteiger partial charge in [-0.1, -0.05) is 35.9 Å². The lowest BCUT2D eigenvalue weighted by atomic mass is 10.1. The highest BCUT2D eigenvalue weighted by atomic mass is 35.5. The lowest BCUT2D eigenvalue weighted by Gasteiger charge is -2.27. The van der Waals surface area contributed by atoms with E-state index in [0.29, 0.717) is 74.3 Å². The molecule has 216 valence electrons. The predicted octanol–water partition coefficient (Wildman–Crippen LogP) is 6.91. The third-order valence-electron chi connectivity index (χ3n) is 7.20. The van der Waals surface area contributed by atoms with Gasteiger partial charge < -0.3 is 20.1 Å². The van der Waals surface area contributed by atoms with Crippen LogP contribution >= 0.6 is 22.9 Å². The number of anilines is 4. The van der Waals surface area contributed by atoms with E-state index in [2.05, 4.69) is 25.5 Å². The summed E-state index contributed by atoms with van der Waals surface area (Å²) in [4.78, 5) is 40.3. The van der Waals surface area contributed by atoms with Gasteiger partial charge in [0.25, 0.3) is 5.91 Å². The molecule has 3 aromatic carbocycles. The normalized spacial score (nSPS) is 14.9. The molecular formula is C31H25ClN6O4S. The van der Waals surface area contributed by atoms with Crippen LogP contribution in [0.15, 0.2) is 79.1 Å². The van der Waals surface area contributed by atoms with Crippen LogP contribution in [0.4, 0.5) is 27.7 Å². The van der Waals surface area contributed by atoms with E-state index < -0.39 is 6.03 Å². The molecule has 7 rings (SSSR count). The molecule has 0 bridgehead atoms. The van der Waals surface area contributed by atoms with E-state index in [1.54, 1.807) is 30.3 Å². The summed E-state index contributed by atoms with van der Waals surface area (Å²) in [5.74, 6) is 1.36. The second-order valence-corrected chi connectivity index (χ2v) is 11.4. The van der Waals surface area contributed by atoms with E-state index >= 15 is 0 Å². The second kappa shape index (κ2) is 11.6. The first-order valence-electron chi connectivity index (χ1n) is 13.6. The van der Waals surface area contributed by atoms with Gasteiger partial charge in [0.2, 0.25) is 0 Å². The first-order chi connectivity index (χ1) is 21.0. The summed E-state index contributed by atoms with van der Waals surface area (Å²) >= 11 is 7.77. The minimum Gasteiger partial charge on any atom is -0.457 e. The molecule has 0 spiro atoms. The van der Waals surface area contributed by atoms with Crippen LogP contribution in [0.3, 0.4) is 0 Å². The van der Waals surface area contributed by atoms with E-state index in [0.717, 1.165) is 18.7 Å². The van der Waals surface area contributed by atoms with Crippen LogP contribution in [-0.4, -0.2) is 53.1 Å². The Labute approximate surface area is 255 Å². The first kappa shape index (κ1) is 27.3. The Morgan fingerprint density at radius 3 is 2.56 bits per heavy atom. The number of rotatable bonds is 7. The third-order valence-corrected chi connectivity index (χ3v) is 8.65. The number of nitrogens with one attached hydrogen (secondary N) is 2. The Balaban J connectivity index is 1.13. The maximum atomic E-state index is 13.5. The molecule has 43 heavy (non-hydrogen) atoms.